The molecule has 22 heavy (non-hydrogen) atoms. The lowest BCUT2D eigenvalue weighted by atomic mass is 10.1. The van der Waals surface area contributed by atoms with Gasteiger partial charge in [0.2, 0.25) is 5.91 Å². The van der Waals surface area contributed by atoms with Crippen molar-refractivity contribution in [3.8, 4) is 0 Å². The first-order valence-corrected chi connectivity index (χ1v) is 7.45. The monoisotopic (exact) mass is 317 g/mol. The van der Waals surface area contributed by atoms with E-state index in [9.17, 15) is 4.79 Å². The van der Waals surface area contributed by atoms with Crippen LogP contribution >= 0.6 is 11.6 Å². The van der Waals surface area contributed by atoms with Crippen molar-refractivity contribution in [2.75, 3.05) is 11.9 Å². The Kier molecular flexibility index (Phi) is 4.31. The van der Waals surface area contributed by atoms with Gasteiger partial charge in [-0.05, 0) is 31.0 Å². The molecule has 0 saturated heterocycles. The summed E-state index contributed by atoms with van der Waals surface area (Å²) in [7, 11) is 0. The number of nitrogens with zero attached hydrogens (tertiary/aromatic N) is 4. The maximum Gasteiger partial charge on any atom is 0.242 e. The van der Waals surface area contributed by atoms with Crippen LogP contribution in [-0.4, -0.2) is 38.3 Å². The number of fused-ring (bicyclic) bond motifs is 1. The number of amides is 1. The predicted octanol–water partition coefficient (Wildman–Crippen LogP) is 1.91. The Bertz CT molecular complexity index is 676. The van der Waals surface area contributed by atoms with E-state index in [0.717, 1.165) is 24.2 Å². The minimum Gasteiger partial charge on any atom is -0.309 e. The van der Waals surface area contributed by atoms with Crippen molar-refractivity contribution in [1.82, 2.24) is 19.9 Å². The van der Waals surface area contributed by atoms with Gasteiger partial charge < -0.3 is 5.32 Å². The SMILES string of the molecule is C[C@H](C(=O)Nc1ccc(Cl)cn1)N1CCc2cncnc2C1. The molecule has 0 radical (unpaired) electrons. The fourth-order valence-electron chi connectivity index (χ4n) is 2.45. The van der Waals surface area contributed by atoms with Crippen molar-refractivity contribution >= 4 is 23.3 Å². The smallest absolute Gasteiger partial charge is 0.242 e. The molecule has 2 aromatic rings. The summed E-state index contributed by atoms with van der Waals surface area (Å²) >= 11 is 5.78. The van der Waals surface area contributed by atoms with E-state index in [1.807, 2.05) is 13.1 Å². The molecule has 0 unspecified atom stereocenters. The third-order valence-electron chi connectivity index (χ3n) is 3.81. The molecule has 3 rings (SSSR count). The molecular weight excluding hydrogens is 302 g/mol. The molecule has 114 valence electrons. The van der Waals surface area contributed by atoms with Gasteiger partial charge in [0.25, 0.3) is 0 Å². The van der Waals surface area contributed by atoms with E-state index in [1.54, 1.807) is 18.5 Å². The number of halogens is 1. The number of nitrogens with one attached hydrogen (secondary N) is 1. The largest absolute Gasteiger partial charge is 0.309 e. The lowest BCUT2D eigenvalue weighted by molar-refractivity contribution is -0.121. The van der Waals surface area contributed by atoms with E-state index >= 15 is 0 Å². The Balaban J connectivity index is 1.65. The summed E-state index contributed by atoms with van der Waals surface area (Å²) in [6.45, 7) is 3.35. The summed E-state index contributed by atoms with van der Waals surface area (Å²) < 4.78 is 0. The number of carbonyl (C=O) groups excluding carboxylic acids is 1. The molecule has 1 aliphatic rings. The van der Waals surface area contributed by atoms with E-state index in [0.29, 0.717) is 17.4 Å². The van der Waals surface area contributed by atoms with Gasteiger partial charge >= 0.3 is 0 Å². The van der Waals surface area contributed by atoms with Crippen LogP contribution in [-0.2, 0) is 17.8 Å². The van der Waals surface area contributed by atoms with Crippen LogP contribution in [0.2, 0.25) is 5.02 Å². The van der Waals surface area contributed by atoms with Crippen LogP contribution in [0, 0.1) is 0 Å². The Morgan fingerprint density at radius 1 is 1.36 bits per heavy atom. The fraction of sp³-hybridized carbons (Fsp3) is 0.333. The van der Waals surface area contributed by atoms with Gasteiger partial charge in [0.05, 0.1) is 16.8 Å². The standard InChI is InChI=1S/C15H16ClN5O/c1-10(15(22)20-14-3-2-12(16)7-18-14)21-5-4-11-6-17-9-19-13(11)8-21/h2-3,6-7,9-10H,4-5,8H2,1H3,(H,18,20,22)/t10-/m1/s1. The highest BCUT2D eigenvalue weighted by Gasteiger charge is 2.26. The van der Waals surface area contributed by atoms with Crippen LogP contribution < -0.4 is 5.32 Å². The summed E-state index contributed by atoms with van der Waals surface area (Å²) in [4.78, 5) is 26.9. The van der Waals surface area contributed by atoms with E-state index in [4.69, 9.17) is 11.6 Å². The molecule has 1 amide bonds. The fourth-order valence-corrected chi connectivity index (χ4v) is 2.56. The lowest BCUT2D eigenvalue weighted by Gasteiger charge is -2.31. The molecule has 1 atom stereocenters. The Morgan fingerprint density at radius 2 is 2.23 bits per heavy atom. The zero-order chi connectivity index (χ0) is 15.5. The maximum atomic E-state index is 12.4. The molecule has 3 heterocycles. The van der Waals surface area contributed by atoms with Crippen LogP contribution in [0.5, 0.6) is 0 Å². The van der Waals surface area contributed by atoms with Gasteiger partial charge in [0, 0.05) is 25.5 Å². The third-order valence-corrected chi connectivity index (χ3v) is 4.03. The number of aromatic nitrogens is 3. The van der Waals surface area contributed by atoms with Crippen molar-refractivity contribution in [3.05, 3.63) is 47.1 Å². The zero-order valence-corrected chi connectivity index (χ0v) is 12.9. The molecule has 0 bridgehead atoms. The highest BCUT2D eigenvalue weighted by atomic mass is 35.5. The number of anilines is 1. The molecule has 0 aliphatic carbocycles. The maximum absolute atomic E-state index is 12.4. The highest BCUT2D eigenvalue weighted by Crippen LogP contribution is 2.18. The van der Waals surface area contributed by atoms with E-state index in [-0.39, 0.29) is 11.9 Å². The molecule has 1 aliphatic heterocycles. The Morgan fingerprint density at radius 3 is 3.00 bits per heavy atom. The van der Waals surface area contributed by atoms with Crippen LogP contribution in [0.25, 0.3) is 0 Å². The minimum absolute atomic E-state index is 0.0904. The topological polar surface area (TPSA) is 71.0 Å². The second-order valence-corrected chi connectivity index (χ2v) is 5.68. The van der Waals surface area contributed by atoms with Gasteiger partial charge in [-0.3, -0.25) is 9.69 Å². The first kappa shape index (κ1) is 14.9. The van der Waals surface area contributed by atoms with Crippen LogP contribution in [0.1, 0.15) is 18.2 Å². The second-order valence-electron chi connectivity index (χ2n) is 5.24. The number of carbonyl (C=O) groups is 1. The molecule has 0 spiro atoms. The van der Waals surface area contributed by atoms with Crippen molar-refractivity contribution < 1.29 is 4.79 Å². The Labute approximate surface area is 133 Å². The minimum atomic E-state index is -0.263. The molecule has 0 aromatic carbocycles. The van der Waals surface area contributed by atoms with Gasteiger partial charge in [-0.15, -0.1) is 0 Å². The summed E-state index contributed by atoms with van der Waals surface area (Å²) in [5.41, 5.74) is 2.15. The number of rotatable bonds is 3. The molecule has 0 saturated carbocycles. The third kappa shape index (κ3) is 3.23. The van der Waals surface area contributed by atoms with Gasteiger partial charge in [0.15, 0.2) is 0 Å². The van der Waals surface area contributed by atoms with Crippen LogP contribution in [0.4, 0.5) is 5.82 Å². The van der Waals surface area contributed by atoms with Crippen LogP contribution in [0.15, 0.2) is 30.9 Å². The van der Waals surface area contributed by atoms with E-state index in [2.05, 4.69) is 25.2 Å². The number of hydrogen-bond donors (Lipinski definition) is 1. The van der Waals surface area contributed by atoms with Crippen molar-refractivity contribution in [1.29, 1.82) is 0 Å². The van der Waals surface area contributed by atoms with Crippen LogP contribution in [0.3, 0.4) is 0 Å². The van der Waals surface area contributed by atoms with Gasteiger partial charge in [0.1, 0.15) is 12.1 Å². The molecule has 6 nitrogen and oxygen atoms in total. The number of pyridine rings is 1. The normalized spacial score (nSPS) is 15.9. The number of hydrogen-bond acceptors (Lipinski definition) is 5. The zero-order valence-electron chi connectivity index (χ0n) is 12.2. The lowest BCUT2D eigenvalue weighted by Crippen LogP contribution is -2.44. The summed E-state index contributed by atoms with van der Waals surface area (Å²) in [6.07, 6.45) is 5.76. The van der Waals surface area contributed by atoms with E-state index < -0.39 is 0 Å². The molecule has 7 heteroatoms. The predicted molar refractivity (Wildman–Crippen MR) is 83.5 cm³/mol. The molecular formula is C15H16ClN5O. The van der Waals surface area contributed by atoms with Gasteiger partial charge in [-0.25, -0.2) is 15.0 Å². The average Bonchev–Trinajstić information content (AvgIpc) is 2.55. The molecule has 2 aromatic heterocycles. The van der Waals surface area contributed by atoms with Gasteiger partial charge in [-0.1, -0.05) is 11.6 Å². The van der Waals surface area contributed by atoms with Crippen molar-refractivity contribution in [3.63, 3.8) is 0 Å². The van der Waals surface area contributed by atoms with Crippen molar-refractivity contribution in [2.45, 2.75) is 25.9 Å². The first-order chi connectivity index (χ1) is 10.6. The van der Waals surface area contributed by atoms with Gasteiger partial charge in [-0.2, -0.15) is 0 Å². The first-order valence-electron chi connectivity index (χ1n) is 7.07. The molecule has 1 N–H and O–H groups in total. The quantitative estimate of drug-likeness (QED) is 0.936. The second kappa shape index (κ2) is 6.37. The summed E-state index contributed by atoms with van der Waals surface area (Å²) in [5.74, 6) is 0.410. The highest BCUT2D eigenvalue weighted by molar-refractivity contribution is 6.30. The molecule has 0 fully saturated rings. The Hall–Kier alpha value is -2.05. The average molecular weight is 318 g/mol. The van der Waals surface area contributed by atoms with E-state index in [1.165, 1.54) is 6.20 Å². The van der Waals surface area contributed by atoms with Crippen molar-refractivity contribution in [2.24, 2.45) is 0 Å². The summed E-state index contributed by atoms with van der Waals surface area (Å²) in [5, 5.41) is 3.35. The summed E-state index contributed by atoms with van der Waals surface area (Å²) in [6, 6.07) is 3.12.